The Hall–Kier alpha value is -3.40. The molecule has 0 saturated carbocycles. The molecule has 1 atom stereocenters. The molecule has 35 heavy (non-hydrogen) atoms. The summed E-state index contributed by atoms with van der Waals surface area (Å²) in [5.74, 6) is 0.516. The Morgan fingerprint density at radius 3 is 2.49 bits per heavy atom. The third kappa shape index (κ3) is 4.88. The van der Waals surface area contributed by atoms with Gasteiger partial charge in [0.1, 0.15) is 12.4 Å². The highest BCUT2D eigenvalue weighted by molar-refractivity contribution is 7.89. The van der Waals surface area contributed by atoms with Crippen molar-refractivity contribution >= 4 is 27.3 Å². The number of ether oxygens (including phenoxy) is 2. The van der Waals surface area contributed by atoms with Crippen molar-refractivity contribution in [2.75, 3.05) is 49.7 Å². The molecule has 5 rings (SSSR count). The second-order valence-electron chi connectivity index (χ2n) is 8.37. The number of rotatable bonds is 6. The van der Waals surface area contributed by atoms with Crippen LogP contribution in [0.1, 0.15) is 11.6 Å². The molecule has 0 radical (unpaired) electrons. The van der Waals surface area contributed by atoms with Crippen LogP contribution in [-0.4, -0.2) is 58.1 Å². The summed E-state index contributed by atoms with van der Waals surface area (Å²) in [6, 6.07) is 23.6. The molecule has 2 aliphatic rings. The normalized spacial score (nSPS) is 18.4. The molecule has 1 saturated heterocycles. The smallest absolute Gasteiger partial charge is 0.247 e. The van der Waals surface area contributed by atoms with Crippen LogP contribution in [0.3, 0.4) is 0 Å². The Labute approximate surface area is 205 Å². The van der Waals surface area contributed by atoms with E-state index in [0.717, 1.165) is 5.56 Å². The molecule has 1 amide bonds. The molecule has 1 fully saturated rings. The van der Waals surface area contributed by atoms with Crippen molar-refractivity contribution in [3.8, 4) is 5.75 Å². The van der Waals surface area contributed by atoms with E-state index in [1.807, 2.05) is 54.6 Å². The molecule has 3 aromatic carbocycles. The van der Waals surface area contributed by atoms with Crippen molar-refractivity contribution < 1.29 is 22.7 Å². The van der Waals surface area contributed by atoms with Gasteiger partial charge in [-0.1, -0.05) is 48.5 Å². The van der Waals surface area contributed by atoms with Gasteiger partial charge in [0.2, 0.25) is 15.9 Å². The summed E-state index contributed by atoms with van der Waals surface area (Å²) in [6.07, 6.45) is 0. The standard InChI is InChI=1S/C26H27N3O5S/c30-26(18-27-21-9-6-10-22(17-21)35(31,32)28-13-15-33-16-14-28)29-23-11-4-5-12-25(23)34-19-24(29)20-7-2-1-3-8-20/h1-12,17,24,27H,13-16,18-19H2. The third-order valence-electron chi connectivity index (χ3n) is 6.17. The fourth-order valence-corrected chi connectivity index (χ4v) is 5.84. The van der Waals surface area contributed by atoms with Gasteiger partial charge < -0.3 is 14.8 Å². The predicted molar refractivity (Wildman–Crippen MR) is 133 cm³/mol. The van der Waals surface area contributed by atoms with E-state index in [4.69, 9.17) is 9.47 Å². The number of anilines is 2. The highest BCUT2D eigenvalue weighted by atomic mass is 32.2. The predicted octanol–water partition coefficient (Wildman–Crippen LogP) is 3.29. The van der Waals surface area contributed by atoms with E-state index in [-0.39, 0.29) is 23.4 Å². The maximum absolute atomic E-state index is 13.5. The van der Waals surface area contributed by atoms with Crippen molar-refractivity contribution in [3.05, 3.63) is 84.4 Å². The van der Waals surface area contributed by atoms with Crippen LogP contribution in [0.15, 0.2) is 83.8 Å². The highest BCUT2D eigenvalue weighted by Crippen LogP contribution is 2.39. The van der Waals surface area contributed by atoms with Gasteiger partial charge in [0.05, 0.1) is 36.4 Å². The Balaban J connectivity index is 1.36. The van der Waals surface area contributed by atoms with E-state index in [2.05, 4.69) is 5.32 Å². The Kier molecular flexibility index (Phi) is 6.72. The van der Waals surface area contributed by atoms with Crippen LogP contribution in [-0.2, 0) is 19.6 Å². The third-order valence-corrected chi connectivity index (χ3v) is 8.07. The van der Waals surface area contributed by atoms with Gasteiger partial charge in [-0.15, -0.1) is 0 Å². The molecule has 182 valence electrons. The Bertz CT molecular complexity index is 1290. The van der Waals surface area contributed by atoms with Crippen LogP contribution in [0.5, 0.6) is 5.75 Å². The minimum absolute atomic E-state index is 0.00127. The number of nitrogens with zero attached hydrogens (tertiary/aromatic N) is 2. The van der Waals surface area contributed by atoms with E-state index in [1.54, 1.807) is 29.2 Å². The summed E-state index contributed by atoms with van der Waals surface area (Å²) in [6.45, 7) is 1.77. The lowest BCUT2D eigenvalue weighted by Crippen LogP contribution is -2.43. The summed E-state index contributed by atoms with van der Waals surface area (Å²) >= 11 is 0. The largest absolute Gasteiger partial charge is 0.489 e. The molecule has 1 unspecified atom stereocenters. The number of carbonyl (C=O) groups excluding carboxylic acids is 1. The van der Waals surface area contributed by atoms with Gasteiger partial charge in [0.15, 0.2) is 0 Å². The molecular weight excluding hydrogens is 466 g/mol. The molecule has 8 nitrogen and oxygen atoms in total. The fourth-order valence-electron chi connectivity index (χ4n) is 4.38. The zero-order chi connectivity index (χ0) is 24.3. The SMILES string of the molecule is O=C(CNc1cccc(S(=O)(=O)N2CCOCC2)c1)N1c2ccccc2OCC1c1ccccc1. The zero-order valence-electron chi connectivity index (χ0n) is 19.2. The van der Waals surface area contributed by atoms with Crippen LogP contribution in [0.25, 0.3) is 0 Å². The van der Waals surface area contributed by atoms with Crippen molar-refractivity contribution in [2.45, 2.75) is 10.9 Å². The lowest BCUT2D eigenvalue weighted by Gasteiger charge is -2.37. The first-order chi connectivity index (χ1) is 17.0. The summed E-state index contributed by atoms with van der Waals surface area (Å²) in [5.41, 5.74) is 2.25. The molecule has 0 spiro atoms. The van der Waals surface area contributed by atoms with Crippen LogP contribution >= 0.6 is 0 Å². The number of para-hydroxylation sites is 2. The van der Waals surface area contributed by atoms with E-state index < -0.39 is 10.0 Å². The Morgan fingerprint density at radius 2 is 1.69 bits per heavy atom. The maximum Gasteiger partial charge on any atom is 0.247 e. The van der Waals surface area contributed by atoms with Crippen molar-refractivity contribution in [2.24, 2.45) is 0 Å². The molecule has 3 aromatic rings. The number of fused-ring (bicyclic) bond motifs is 1. The first-order valence-electron chi connectivity index (χ1n) is 11.5. The molecular formula is C26H27N3O5S. The molecule has 0 aliphatic carbocycles. The molecule has 1 N–H and O–H groups in total. The summed E-state index contributed by atoms with van der Waals surface area (Å²) in [7, 11) is -3.63. The zero-order valence-corrected chi connectivity index (χ0v) is 20.0. The van der Waals surface area contributed by atoms with Crippen LogP contribution in [0.4, 0.5) is 11.4 Å². The summed E-state index contributed by atoms with van der Waals surface area (Å²) in [4.78, 5) is 15.5. The lowest BCUT2D eigenvalue weighted by atomic mass is 10.0. The average molecular weight is 494 g/mol. The number of nitrogens with one attached hydrogen (secondary N) is 1. The number of benzene rings is 3. The monoisotopic (exact) mass is 493 g/mol. The number of hydrogen-bond acceptors (Lipinski definition) is 6. The molecule has 9 heteroatoms. The first-order valence-corrected chi connectivity index (χ1v) is 13.0. The maximum atomic E-state index is 13.5. The minimum Gasteiger partial charge on any atom is -0.489 e. The first kappa shape index (κ1) is 23.3. The van der Waals surface area contributed by atoms with Crippen LogP contribution in [0.2, 0.25) is 0 Å². The van der Waals surface area contributed by atoms with Crippen LogP contribution < -0.4 is 15.0 Å². The van der Waals surface area contributed by atoms with E-state index in [0.29, 0.717) is 50.0 Å². The molecule has 0 aromatic heterocycles. The number of amides is 1. The van der Waals surface area contributed by atoms with Crippen molar-refractivity contribution in [1.29, 1.82) is 0 Å². The van der Waals surface area contributed by atoms with Gasteiger partial charge in [0.25, 0.3) is 0 Å². The summed E-state index contributed by atoms with van der Waals surface area (Å²) in [5, 5.41) is 3.12. The van der Waals surface area contributed by atoms with Gasteiger partial charge >= 0.3 is 0 Å². The van der Waals surface area contributed by atoms with Crippen LogP contribution in [0, 0.1) is 0 Å². The van der Waals surface area contributed by atoms with E-state index in [1.165, 1.54) is 4.31 Å². The molecule has 2 heterocycles. The second-order valence-corrected chi connectivity index (χ2v) is 10.3. The second kappa shape index (κ2) is 10.1. The van der Waals surface area contributed by atoms with Gasteiger partial charge in [-0.2, -0.15) is 4.31 Å². The van der Waals surface area contributed by atoms with Gasteiger partial charge in [-0.05, 0) is 35.9 Å². The van der Waals surface area contributed by atoms with Gasteiger partial charge in [-0.25, -0.2) is 8.42 Å². The Morgan fingerprint density at radius 1 is 0.943 bits per heavy atom. The van der Waals surface area contributed by atoms with E-state index in [9.17, 15) is 13.2 Å². The summed E-state index contributed by atoms with van der Waals surface area (Å²) < 4.78 is 38.7. The number of morpholine rings is 1. The topological polar surface area (TPSA) is 88.2 Å². The number of sulfonamides is 1. The van der Waals surface area contributed by atoms with E-state index >= 15 is 0 Å². The minimum atomic E-state index is -3.63. The van der Waals surface area contributed by atoms with Gasteiger partial charge in [0, 0.05) is 18.8 Å². The molecule has 0 bridgehead atoms. The van der Waals surface area contributed by atoms with Gasteiger partial charge in [-0.3, -0.25) is 9.69 Å². The number of carbonyl (C=O) groups is 1. The van der Waals surface area contributed by atoms with Crippen molar-refractivity contribution in [1.82, 2.24) is 4.31 Å². The quantitative estimate of drug-likeness (QED) is 0.567. The van der Waals surface area contributed by atoms with Crippen molar-refractivity contribution in [3.63, 3.8) is 0 Å². The lowest BCUT2D eigenvalue weighted by molar-refractivity contribution is -0.117. The number of hydrogen-bond donors (Lipinski definition) is 1. The highest BCUT2D eigenvalue weighted by Gasteiger charge is 2.33. The molecule has 2 aliphatic heterocycles. The fraction of sp³-hybridized carbons (Fsp3) is 0.269. The average Bonchev–Trinajstić information content (AvgIpc) is 2.92.